The number of piperidine rings is 1. The zero-order chi connectivity index (χ0) is 25.7. The highest BCUT2D eigenvalue weighted by atomic mass is 19.4. The summed E-state index contributed by atoms with van der Waals surface area (Å²) in [6, 6.07) is 12.4. The molecule has 6 nitrogen and oxygen atoms in total. The largest absolute Gasteiger partial charge is 0.416 e. The molecule has 0 saturated carbocycles. The van der Waals surface area contributed by atoms with Crippen LogP contribution in [-0.4, -0.2) is 55.4 Å². The molecule has 1 N–H and O–H groups in total. The molecular weight excluding hydrogens is 469 g/mol. The van der Waals surface area contributed by atoms with Crippen LogP contribution in [-0.2, 0) is 11.0 Å². The third-order valence-corrected chi connectivity index (χ3v) is 7.06. The van der Waals surface area contributed by atoms with Crippen LogP contribution in [0.3, 0.4) is 0 Å². The number of ketones is 1. The van der Waals surface area contributed by atoms with Crippen LogP contribution in [0, 0.1) is 12.5 Å². The van der Waals surface area contributed by atoms with Crippen molar-refractivity contribution in [2.75, 3.05) is 37.6 Å². The van der Waals surface area contributed by atoms with E-state index in [1.807, 2.05) is 24.3 Å². The number of hydrogen-bond donors (Lipinski definition) is 1. The van der Waals surface area contributed by atoms with E-state index in [0.29, 0.717) is 18.2 Å². The lowest BCUT2D eigenvalue weighted by atomic mass is 10.0. The number of anilines is 1. The first-order valence-corrected chi connectivity index (χ1v) is 12.2. The topological polar surface area (TPSA) is 57.0 Å². The molecular formula is C27H29F3N4O2. The Morgan fingerprint density at radius 1 is 1.03 bits per heavy atom. The maximum Gasteiger partial charge on any atom is 0.416 e. The van der Waals surface area contributed by atoms with Crippen molar-refractivity contribution in [3.63, 3.8) is 0 Å². The van der Waals surface area contributed by atoms with Gasteiger partial charge in [-0.2, -0.15) is 13.2 Å². The normalized spacial score (nSPS) is 19.2. The van der Waals surface area contributed by atoms with Gasteiger partial charge in [0.05, 0.1) is 18.7 Å². The molecule has 9 heteroatoms. The molecule has 1 amide bonds. The van der Waals surface area contributed by atoms with Gasteiger partial charge in [0.25, 0.3) is 5.91 Å². The van der Waals surface area contributed by atoms with E-state index in [2.05, 4.69) is 20.0 Å². The van der Waals surface area contributed by atoms with Crippen molar-refractivity contribution < 1.29 is 22.8 Å². The van der Waals surface area contributed by atoms with Crippen LogP contribution >= 0.6 is 0 Å². The Hall–Kier alpha value is -3.38. The highest BCUT2D eigenvalue weighted by molar-refractivity contribution is 5.96. The summed E-state index contributed by atoms with van der Waals surface area (Å²) in [7, 11) is 0. The molecule has 2 aliphatic rings. The van der Waals surface area contributed by atoms with Crippen molar-refractivity contribution in [3.8, 4) is 0 Å². The van der Waals surface area contributed by atoms with Gasteiger partial charge in [0.15, 0.2) is 11.5 Å². The van der Waals surface area contributed by atoms with E-state index in [1.54, 1.807) is 0 Å². The summed E-state index contributed by atoms with van der Waals surface area (Å²) in [4.78, 5) is 32.9. The predicted molar refractivity (Wildman–Crippen MR) is 131 cm³/mol. The number of carbonyl (C=O) groups is 2. The lowest BCUT2D eigenvalue weighted by molar-refractivity contribution is -0.137. The smallest absolute Gasteiger partial charge is 0.371 e. The molecule has 2 aromatic rings. The average Bonchev–Trinajstić information content (AvgIpc) is 3.35. The Balaban J connectivity index is 1.19. The van der Waals surface area contributed by atoms with Crippen molar-refractivity contribution in [1.29, 1.82) is 0 Å². The number of hydrogen-bond acceptors (Lipinski definition) is 4. The Bertz CT molecular complexity index is 1120. The summed E-state index contributed by atoms with van der Waals surface area (Å²) in [6.45, 7) is 10.6. The predicted octanol–water partition coefficient (Wildman–Crippen LogP) is 4.94. The molecule has 2 heterocycles. The molecule has 0 unspecified atom stereocenters. The fourth-order valence-electron chi connectivity index (χ4n) is 5.10. The molecule has 2 aromatic carbocycles. The quantitative estimate of drug-likeness (QED) is 0.550. The number of likely N-dealkylation sites (tertiary alicyclic amines) is 1. The fraction of sp³-hybridized carbons (Fsp3) is 0.444. The second-order valence-corrected chi connectivity index (χ2v) is 9.50. The zero-order valence-corrected chi connectivity index (χ0v) is 19.9. The minimum Gasteiger partial charge on any atom is -0.371 e. The number of nitrogens with one attached hydrogen (secondary N) is 1. The number of alkyl halides is 3. The third kappa shape index (κ3) is 6.43. The minimum absolute atomic E-state index is 0.111. The summed E-state index contributed by atoms with van der Waals surface area (Å²) >= 11 is 0. The fourth-order valence-corrected chi connectivity index (χ4v) is 5.10. The van der Waals surface area contributed by atoms with E-state index in [1.165, 1.54) is 12.1 Å². The van der Waals surface area contributed by atoms with Crippen LogP contribution in [0.15, 0.2) is 48.5 Å². The van der Waals surface area contributed by atoms with E-state index < -0.39 is 17.6 Å². The number of nitrogens with zero attached hydrogens (tertiary/aromatic N) is 3. The van der Waals surface area contributed by atoms with Crippen molar-refractivity contribution in [3.05, 3.63) is 71.1 Å². The van der Waals surface area contributed by atoms with E-state index in [9.17, 15) is 22.8 Å². The summed E-state index contributed by atoms with van der Waals surface area (Å²) in [6.07, 6.45) is -1.17. The van der Waals surface area contributed by atoms with Crippen molar-refractivity contribution in [1.82, 2.24) is 10.2 Å². The number of halogens is 3. The van der Waals surface area contributed by atoms with Gasteiger partial charge in [-0.25, -0.2) is 4.85 Å². The molecule has 2 fully saturated rings. The van der Waals surface area contributed by atoms with Crippen LogP contribution in [0.1, 0.15) is 41.6 Å². The summed E-state index contributed by atoms with van der Waals surface area (Å²) < 4.78 is 38.6. The second-order valence-electron chi connectivity index (χ2n) is 9.50. The van der Waals surface area contributed by atoms with Crippen LogP contribution in [0.25, 0.3) is 4.85 Å². The number of benzene rings is 2. The van der Waals surface area contributed by atoms with E-state index in [4.69, 9.17) is 6.57 Å². The standard InChI is InChI=1S/C27H29F3N4O2/c1-31-22-5-7-23(8-6-22)33-13-10-24(11-14-33)34-12-9-19(18-34)15-25(35)17-32-26(36)20-3-2-4-21(16-20)27(28,29)30/h2-8,16,19,24H,9-15,17-18H2,(H,32,36)/t19-/m0/s1. The highest BCUT2D eigenvalue weighted by Gasteiger charge is 2.32. The van der Waals surface area contributed by atoms with Crippen LogP contribution < -0.4 is 10.2 Å². The van der Waals surface area contributed by atoms with Gasteiger partial charge in [-0.15, -0.1) is 0 Å². The van der Waals surface area contributed by atoms with Crippen molar-refractivity contribution in [2.45, 2.75) is 37.9 Å². The Morgan fingerprint density at radius 3 is 2.42 bits per heavy atom. The van der Waals surface area contributed by atoms with Gasteiger partial charge < -0.3 is 10.2 Å². The first kappa shape index (κ1) is 25.7. The summed E-state index contributed by atoms with van der Waals surface area (Å²) in [5, 5.41) is 2.46. The van der Waals surface area contributed by atoms with Crippen LogP contribution in [0.5, 0.6) is 0 Å². The molecule has 0 aromatic heterocycles. The molecule has 2 aliphatic heterocycles. The molecule has 2 saturated heterocycles. The number of carbonyl (C=O) groups excluding carboxylic acids is 2. The third-order valence-electron chi connectivity index (χ3n) is 7.06. The Kier molecular flexibility index (Phi) is 7.94. The summed E-state index contributed by atoms with van der Waals surface area (Å²) in [5.41, 5.74) is 0.772. The first-order chi connectivity index (χ1) is 17.2. The number of Topliss-reactive ketones (excluding diaryl/α,β-unsaturated/α-hetero) is 1. The maximum absolute atomic E-state index is 12.9. The monoisotopic (exact) mass is 498 g/mol. The van der Waals surface area contributed by atoms with Crippen LogP contribution in [0.2, 0.25) is 0 Å². The average molecular weight is 499 g/mol. The SMILES string of the molecule is [C-]#[N+]c1ccc(N2CCC(N3CC[C@@H](CC(=O)CNC(=O)c4cccc(C(F)(F)F)c4)C3)CC2)cc1. The molecule has 0 spiro atoms. The lowest BCUT2D eigenvalue weighted by Gasteiger charge is -2.38. The highest BCUT2D eigenvalue weighted by Crippen LogP contribution is 2.30. The minimum atomic E-state index is -4.53. The van der Waals surface area contributed by atoms with Gasteiger partial charge in [-0.1, -0.05) is 18.2 Å². The van der Waals surface area contributed by atoms with E-state index in [0.717, 1.165) is 63.3 Å². The van der Waals surface area contributed by atoms with E-state index in [-0.39, 0.29) is 23.8 Å². The molecule has 4 rings (SSSR count). The van der Waals surface area contributed by atoms with E-state index >= 15 is 0 Å². The molecule has 1 atom stereocenters. The van der Waals surface area contributed by atoms with Crippen LogP contribution in [0.4, 0.5) is 24.5 Å². The van der Waals surface area contributed by atoms with Gasteiger partial charge in [0.1, 0.15) is 0 Å². The van der Waals surface area contributed by atoms with Gasteiger partial charge >= 0.3 is 6.18 Å². The van der Waals surface area contributed by atoms with Crippen molar-refractivity contribution >= 4 is 23.1 Å². The van der Waals surface area contributed by atoms with Gasteiger partial charge in [0, 0.05) is 43.3 Å². The molecule has 0 bridgehead atoms. The zero-order valence-electron chi connectivity index (χ0n) is 19.9. The lowest BCUT2D eigenvalue weighted by Crippen LogP contribution is -2.44. The first-order valence-electron chi connectivity index (χ1n) is 12.2. The molecule has 190 valence electrons. The van der Waals surface area contributed by atoms with Gasteiger partial charge in [-0.05, 0) is 62.1 Å². The van der Waals surface area contributed by atoms with Gasteiger partial charge in [-0.3, -0.25) is 14.5 Å². The van der Waals surface area contributed by atoms with Crippen molar-refractivity contribution in [2.24, 2.45) is 5.92 Å². The van der Waals surface area contributed by atoms with Gasteiger partial charge in [0.2, 0.25) is 0 Å². The Morgan fingerprint density at radius 2 is 1.75 bits per heavy atom. The molecule has 0 aliphatic carbocycles. The summed E-state index contributed by atoms with van der Waals surface area (Å²) in [5.74, 6) is -0.569. The second kappa shape index (κ2) is 11.1. The number of rotatable bonds is 7. The Labute approximate surface area is 208 Å². The maximum atomic E-state index is 12.9. The molecule has 36 heavy (non-hydrogen) atoms. The molecule has 0 radical (unpaired) electrons. The number of amides is 1.